The van der Waals surface area contributed by atoms with E-state index in [4.69, 9.17) is 0 Å². The molecule has 1 aromatic rings. The standard InChI is InChI=1S/C13H19N3O2/c1-8(2)12(17)15-10-5-9(3)6-11(7-10)16-13(18)14-4/h5-8H,1-4H3,(H,15,17)(H2,14,16,18). The van der Waals surface area contributed by atoms with Crippen molar-refractivity contribution in [3.63, 3.8) is 0 Å². The van der Waals surface area contributed by atoms with Gasteiger partial charge in [-0.05, 0) is 30.7 Å². The third kappa shape index (κ3) is 4.08. The molecule has 0 saturated carbocycles. The molecule has 0 heterocycles. The summed E-state index contributed by atoms with van der Waals surface area (Å²) in [7, 11) is 1.55. The molecular formula is C13H19N3O2. The van der Waals surface area contributed by atoms with Gasteiger partial charge in [-0.3, -0.25) is 4.79 Å². The molecule has 0 saturated heterocycles. The van der Waals surface area contributed by atoms with Gasteiger partial charge < -0.3 is 16.0 Å². The van der Waals surface area contributed by atoms with Gasteiger partial charge in [-0.1, -0.05) is 13.8 Å². The summed E-state index contributed by atoms with van der Waals surface area (Å²) in [6.07, 6.45) is 0. The first-order valence-corrected chi connectivity index (χ1v) is 5.83. The van der Waals surface area contributed by atoms with E-state index in [9.17, 15) is 9.59 Å². The van der Waals surface area contributed by atoms with Gasteiger partial charge in [0, 0.05) is 24.3 Å². The minimum atomic E-state index is -0.290. The van der Waals surface area contributed by atoms with E-state index in [0.717, 1.165) is 5.56 Å². The molecule has 3 N–H and O–H groups in total. The molecule has 0 aliphatic rings. The van der Waals surface area contributed by atoms with Crippen LogP contribution in [0.5, 0.6) is 0 Å². The summed E-state index contributed by atoms with van der Waals surface area (Å²) in [6, 6.07) is 5.12. The Morgan fingerprint density at radius 2 is 1.61 bits per heavy atom. The van der Waals surface area contributed by atoms with Crippen LogP contribution >= 0.6 is 0 Å². The first kappa shape index (κ1) is 14.0. The first-order chi connectivity index (χ1) is 8.42. The molecule has 0 radical (unpaired) electrons. The Labute approximate surface area is 107 Å². The monoisotopic (exact) mass is 249 g/mol. The van der Waals surface area contributed by atoms with Gasteiger partial charge in [0.1, 0.15) is 0 Å². The first-order valence-electron chi connectivity index (χ1n) is 5.83. The molecule has 1 rings (SSSR count). The number of benzene rings is 1. The van der Waals surface area contributed by atoms with Crippen LogP contribution in [0, 0.1) is 12.8 Å². The molecule has 0 fully saturated rings. The molecule has 0 atom stereocenters. The van der Waals surface area contributed by atoms with Crippen LogP contribution in [-0.4, -0.2) is 19.0 Å². The Kier molecular flexibility index (Phi) is 4.71. The molecule has 0 aliphatic heterocycles. The number of nitrogens with one attached hydrogen (secondary N) is 3. The van der Waals surface area contributed by atoms with Gasteiger partial charge in [0.05, 0.1) is 0 Å². The number of rotatable bonds is 3. The van der Waals surface area contributed by atoms with Gasteiger partial charge in [-0.2, -0.15) is 0 Å². The Hall–Kier alpha value is -2.04. The van der Waals surface area contributed by atoms with Crippen LogP contribution < -0.4 is 16.0 Å². The van der Waals surface area contributed by atoms with Crippen LogP contribution in [0.25, 0.3) is 0 Å². The summed E-state index contributed by atoms with van der Waals surface area (Å²) in [5.74, 6) is -0.132. The predicted molar refractivity (Wildman–Crippen MR) is 72.7 cm³/mol. The average molecular weight is 249 g/mol. The Balaban J connectivity index is 2.87. The molecule has 0 unspecified atom stereocenters. The van der Waals surface area contributed by atoms with Gasteiger partial charge in [-0.25, -0.2) is 4.79 Å². The van der Waals surface area contributed by atoms with Gasteiger partial charge in [0.15, 0.2) is 0 Å². The van der Waals surface area contributed by atoms with Crippen LogP contribution in [0.3, 0.4) is 0 Å². The zero-order valence-electron chi connectivity index (χ0n) is 11.1. The second-order valence-corrected chi connectivity index (χ2v) is 4.44. The maximum absolute atomic E-state index is 11.6. The summed E-state index contributed by atoms with van der Waals surface area (Å²) in [4.78, 5) is 22.8. The summed E-state index contributed by atoms with van der Waals surface area (Å²) in [5.41, 5.74) is 2.29. The van der Waals surface area contributed by atoms with E-state index in [1.807, 2.05) is 32.9 Å². The number of carbonyl (C=O) groups is 2. The fraction of sp³-hybridized carbons (Fsp3) is 0.385. The molecule has 18 heavy (non-hydrogen) atoms. The van der Waals surface area contributed by atoms with Gasteiger partial charge in [-0.15, -0.1) is 0 Å². The normalized spacial score (nSPS) is 10.1. The summed E-state index contributed by atoms with van der Waals surface area (Å²) in [6.45, 7) is 5.56. The lowest BCUT2D eigenvalue weighted by atomic mass is 10.1. The molecule has 1 aromatic carbocycles. The van der Waals surface area contributed by atoms with E-state index in [0.29, 0.717) is 11.4 Å². The molecule has 0 aliphatic carbocycles. The number of aryl methyl sites for hydroxylation is 1. The van der Waals surface area contributed by atoms with Crippen molar-refractivity contribution in [2.45, 2.75) is 20.8 Å². The Morgan fingerprint density at radius 1 is 1.06 bits per heavy atom. The summed E-state index contributed by atoms with van der Waals surface area (Å²) < 4.78 is 0. The lowest BCUT2D eigenvalue weighted by Crippen LogP contribution is -2.24. The largest absolute Gasteiger partial charge is 0.341 e. The third-order valence-electron chi connectivity index (χ3n) is 2.35. The summed E-state index contributed by atoms with van der Waals surface area (Å²) >= 11 is 0. The number of amides is 3. The van der Waals surface area contributed by atoms with Crippen LogP contribution in [0.1, 0.15) is 19.4 Å². The fourth-order valence-corrected chi connectivity index (χ4v) is 1.41. The number of carbonyl (C=O) groups excluding carboxylic acids is 2. The highest BCUT2D eigenvalue weighted by molar-refractivity contribution is 5.94. The van der Waals surface area contributed by atoms with Crippen molar-refractivity contribution in [2.75, 3.05) is 17.7 Å². The van der Waals surface area contributed by atoms with E-state index in [-0.39, 0.29) is 17.9 Å². The maximum Gasteiger partial charge on any atom is 0.318 e. The molecule has 98 valence electrons. The zero-order chi connectivity index (χ0) is 13.7. The predicted octanol–water partition coefficient (Wildman–Crippen LogP) is 2.34. The van der Waals surface area contributed by atoms with Gasteiger partial charge in [0.25, 0.3) is 0 Å². The molecule has 0 aromatic heterocycles. The van der Waals surface area contributed by atoms with Gasteiger partial charge >= 0.3 is 6.03 Å². The lowest BCUT2D eigenvalue weighted by Gasteiger charge is -2.11. The van der Waals surface area contributed by atoms with Crippen molar-refractivity contribution in [1.82, 2.24) is 5.32 Å². The second kappa shape index (κ2) is 6.05. The van der Waals surface area contributed by atoms with Crippen molar-refractivity contribution >= 4 is 23.3 Å². The van der Waals surface area contributed by atoms with E-state index < -0.39 is 0 Å². The highest BCUT2D eigenvalue weighted by Gasteiger charge is 2.08. The van der Waals surface area contributed by atoms with Gasteiger partial charge in [0.2, 0.25) is 5.91 Å². The Bertz CT molecular complexity index is 456. The number of anilines is 2. The van der Waals surface area contributed by atoms with Crippen molar-refractivity contribution < 1.29 is 9.59 Å². The Morgan fingerprint density at radius 3 is 2.11 bits per heavy atom. The van der Waals surface area contributed by atoms with Crippen molar-refractivity contribution in [3.05, 3.63) is 23.8 Å². The lowest BCUT2D eigenvalue weighted by molar-refractivity contribution is -0.118. The average Bonchev–Trinajstić information content (AvgIpc) is 2.27. The minimum Gasteiger partial charge on any atom is -0.341 e. The quantitative estimate of drug-likeness (QED) is 0.769. The second-order valence-electron chi connectivity index (χ2n) is 4.44. The minimum absolute atomic E-state index is 0.0495. The van der Waals surface area contributed by atoms with E-state index in [1.54, 1.807) is 13.1 Å². The number of hydrogen-bond donors (Lipinski definition) is 3. The van der Waals surface area contributed by atoms with Crippen molar-refractivity contribution in [3.8, 4) is 0 Å². The van der Waals surface area contributed by atoms with Crippen LogP contribution in [0.2, 0.25) is 0 Å². The van der Waals surface area contributed by atoms with E-state index in [2.05, 4.69) is 16.0 Å². The fourth-order valence-electron chi connectivity index (χ4n) is 1.41. The van der Waals surface area contributed by atoms with Crippen LogP contribution in [0.4, 0.5) is 16.2 Å². The number of hydrogen-bond acceptors (Lipinski definition) is 2. The maximum atomic E-state index is 11.6. The highest BCUT2D eigenvalue weighted by Crippen LogP contribution is 2.19. The van der Waals surface area contributed by atoms with Crippen LogP contribution in [-0.2, 0) is 4.79 Å². The molecule has 0 bridgehead atoms. The van der Waals surface area contributed by atoms with Crippen LogP contribution in [0.15, 0.2) is 18.2 Å². The molecule has 3 amide bonds. The van der Waals surface area contributed by atoms with E-state index in [1.165, 1.54) is 0 Å². The molecular weight excluding hydrogens is 230 g/mol. The van der Waals surface area contributed by atoms with Crippen molar-refractivity contribution in [2.24, 2.45) is 5.92 Å². The zero-order valence-corrected chi connectivity index (χ0v) is 11.1. The number of urea groups is 1. The topological polar surface area (TPSA) is 70.2 Å². The third-order valence-corrected chi connectivity index (χ3v) is 2.35. The van der Waals surface area contributed by atoms with E-state index >= 15 is 0 Å². The van der Waals surface area contributed by atoms with Crippen molar-refractivity contribution in [1.29, 1.82) is 0 Å². The SMILES string of the molecule is CNC(=O)Nc1cc(C)cc(NC(=O)C(C)C)c1. The summed E-state index contributed by atoms with van der Waals surface area (Å²) in [5, 5.41) is 7.95. The smallest absolute Gasteiger partial charge is 0.318 e. The molecule has 5 heteroatoms. The highest BCUT2D eigenvalue weighted by atomic mass is 16.2. The molecule has 5 nitrogen and oxygen atoms in total. The molecule has 0 spiro atoms.